The molecule has 430 valence electrons. The van der Waals surface area contributed by atoms with Crippen molar-refractivity contribution >= 4 is 53.1 Å². The number of primary amides is 1. The monoisotopic (exact) mass is 1070 g/mol. The van der Waals surface area contributed by atoms with Crippen LogP contribution in [0.15, 0.2) is 66.2 Å². The van der Waals surface area contributed by atoms with Crippen molar-refractivity contribution in [3.8, 4) is 0 Å². The Morgan fingerprint density at radius 1 is 0.740 bits per heavy atom. The molecule has 0 aromatic heterocycles. The molecule has 2 aromatic carbocycles. The lowest BCUT2D eigenvalue weighted by Gasteiger charge is -2.41. The van der Waals surface area contributed by atoms with Crippen LogP contribution in [0.2, 0.25) is 0 Å². The summed E-state index contributed by atoms with van der Waals surface area (Å²) in [5.41, 5.74) is 5.27. The van der Waals surface area contributed by atoms with Crippen molar-refractivity contribution < 1.29 is 47.8 Å². The van der Waals surface area contributed by atoms with E-state index in [0.29, 0.717) is 35.6 Å². The van der Waals surface area contributed by atoms with Gasteiger partial charge in [-0.2, -0.15) is 0 Å². The van der Waals surface area contributed by atoms with Gasteiger partial charge < -0.3 is 41.0 Å². The van der Waals surface area contributed by atoms with Crippen molar-refractivity contribution in [2.75, 3.05) is 26.0 Å². The highest BCUT2D eigenvalue weighted by atomic mass is 16.6. The smallest absolute Gasteiger partial charge is 0.410 e. The molecule has 0 unspecified atom stereocenters. The fourth-order valence-corrected chi connectivity index (χ4v) is 9.65. The summed E-state index contributed by atoms with van der Waals surface area (Å²) in [5.74, 6) is -2.92. The third kappa shape index (κ3) is 22.1. The number of likely N-dealkylation sites (N-methyl/N-ethyl adjacent to an activating group) is 2. The molecule has 16 heteroatoms. The zero-order chi connectivity index (χ0) is 58.6. The molecule has 16 nitrogen and oxygen atoms in total. The Labute approximate surface area is 461 Å². The van der Waals surface area contributed by atoms with Gasteiger partial charge in [0.15, 0.2) is 17.3 Å². The second kappa shape index (κ2) is 30.8. The van der Waals surface area contributed by atoms with Crippen LogP contribution in [0, 0.1) is 35.0 Å². The lowest BCUT2D eigenvalue weighted by atomic mass is 9.71. The molecule has 0 fully saturated rings. The minimum Gasteiger partial charge on any atom is -0.445 e. The van der Waals surface area contributed by atoms with Crippen LogP contribution in [0.3, 0.4) is 0 Å². The third-order valence-corrected chi connectivity index (χ3v) is 14.4. The van der Waals surface area contributed by atoms with Gasteiger partial charge in [-0.15, -0.1) is 0 Å². The number of nitrogens with zero attached hydrogens (tertiary/aromatic N) is 2. The average Bonchev–Trinajstić information content (AvgIpc) is 3.34. The molecule has 2 rings (SSSR count). The molecular formula is C61H96N6O10. The maximum absolute atomic E-state index is 15.1. The number of amides is 6. The largest absolute Gasteiger partial charge is 0.445 e. The van der Waals surface area contributed by atoms with Gasteiger partial charge in [0.25, 0.3) is 0 Å². The average molecular weight is 1070 g/mol. The fourth-order valence-electron chi connectivity index (χ4n) is 9.65. The van der Waals surface area contributed by atoms with Gasteiger partial charge in [-0.25, -0.2) is 14.4 Å². The molecule has 0 aliphatic rings. The normalized spacial score (nSPS) is 14.6. The van der Waals surface area contributed by atoms with Gasteiger partial charge in [0.1, 0.15) is 18.2 Å². The van der Waals surface area contributed by atoms with E-state index in [4.69, 9.17) is 15.2 Å². The first-order valence-corrected chi connectivity index (χ1v) is 27.7. The number of Topliss-reactive ketones (excluding diaryl/α,β-unsaturated/α-hetero) is 3. The van der Waals surface area contributed by atoms with E-state index >= 15 is 4.79 Å². The van der Waals surface area contributed by atoms with Gasteiger partial charge in [-0.05, 0) is 92.5 Å². The number of carbonyl (C=O) groups is 8. The zero-order valence-corrected chi connectivity index (χ0v) is 49.7. The molecule has 77 heavy (non-hydrogen) atoms. The Kier molecular flexibility index (Phi) is 26.8. The number of alkyl carbamates (subject to hydrolysis) is 1. The molecule has 2 aromatic rings. The lowest BCUT2D eigenvalue weighted by molar-refractivity contribution is -0.143. The summed E-state index contributed by atoms with van der Waals surface area (Å²) in [6.45, 7) is 28.4. The number of rotatable bonds is 30. The molecule has 0 spiro atoms. The van der Waals surface area contributed by atoms with Gasteiger partial charge in [-0.1, -0.05) is 150 Å². The van der Waals surface area contributed by atoms with Gasteiger partial charge >= 0.3 is 18.2 Å². The van der Waals surface area contributed by atoms with Crippen molar-refractivity contribution in [1.82, 2.24) is 20.4 Å². The van der Waals surface area contributed by atoms with E-state index < -0.39 is 70.5 Å². The molecule has 6 amide bonds. The topological polar surface area (TPSA) is 224 Å². The Bertz CT molecular complexity index is 2300. The van der Waals surface area contributed by atoms with Crippen molar-refractivity contribution in [2.45, 2.75) is 197 Å². The summed E-state index contributed by atoms with van der Waals surface area (Å²) >= 11 is 0. The van der Waals surface area contributed by atoms with Crippen LogP contribution >= 0.6 is 0 Å². The van der Waals surface area contributed by atoms with Crippen LogP contribution in [0.25, 0.3) is 0 Å². The second-order valence-corrected chi connectivity index (χ2v) is 24.2. The summed E-state index contributed by atoms with van der Waals surface area (Å²) in [6.07, 6.45) is 5.15. The van der Waals surface area contributed by atoms with E-state index in [1.54, 1.807) is 70.8 Å². The Hall–Kier alpha value is -6.06. The van der Waals surface area contributed by atoms with E-state index in [9.17, 15) is 33.6 Å². The minimum absolute atomic E-state index is 0.0325. The molecule has 0 aliphatic heterocycles. The Morgan fingerprint density at radius 2 is 1.35 bits per heavy atom. The quantitative estimate of drug-likeness (QED) is 0.0428. The van der Waals surface area contributed by atoms with Gasteiger partial charge in [0.2, 0.25) is 11.8 Å². The molecule has 0 bridgehead atoms. The summed E-state index contributed by atoms with van der Waals surface area (Å²) < 4.78 is 11.2. The number of benzene rings is 2. The number of ketones is 3. The van der Waals surface area contributed by atoms with E-state index in [0.717, 1.165) is 31.2 Å². The van der Waals surface area contributed by atoms with Crippen molar-refractivity contribution in [3.05, 3.63) is 77.4 Å². The minimum atomic E-state index is -1.06. The van der Waals surface area contributed by atoms with Crippen LogP contribution in [0.1, 0.15) is 173 Å². The Morgan fingerprint density at radius 3 is 1.87 bits per heavy atom. The number of ether oxygens (including phenoxy) is 2. The number of allylic oxidation sites excluding steroid dienone is 1. The predicted octanol–water partition coefficient (Wildman–Crippen LogP) is 11.3. The van der Waals surface area contributed by atoms with Crippen LogP contribution in [0.4, 0.5) is 20.1 Å². The molecule has 5 N–H and O–H groups in total. The summed E-state index contributed by atoms with van der Waals surface area (Å²) in [6, 6.07) is 13.0. The fraction of sp³-hybridized carbons (Fsp3) is 0.639. The first kappa shape index (κ1) is 67.1. The lowest BCUT2D eigenvalue weighted by Crippen LogP contribution is -2.55. The van der Waals surface area contributed by atoms with Crippen molar-refractivity contribution in [2.24, 2.45) is 40.7 Å². The number of carbonyl (C=O) groups excluding carboxylic acids is 8. The number of nitrogens with one attached hydrogen (secondary N) is 3. The molecule has 0 radical (unpaired) electrons. The number of anilines is 1. The molecular weight excluding hydrogens is 977 g/mol. The maximum atomic E-state index is 15.1. The predicted molar refractivity (Wildman–Crippen MR) is 305 cm³/mol. The maximum Gasteiger partial charge on any atom is 0.410 e. The molecule has 0 saturated carbocycles. The summed E-state index contributed by atoms with van der Waals surface area (Å²) in [4.78, 5) is 112. The van der Waals surface area contributed by atoms with E-state index in [1.807, 2.05) is 91.8 Å². The summed E-state index contributed by atoms with van der Waals surface area (Å²) in [7, 11) is 3.27. The van der Waals surface area contributed by atoms with Gasteiger partial charge in [0, 0.05) is 62.8 Å². The highest BCUT2D eigenvalue weighted by Crippen LogP contribution is 2.37. The molecule has 0 heterocycles. The number of unbranched alkanes of at least 4 members (excludes halogenated alkanes) is 1. The van der Waals surface area contributed by atoms with Crippen LogP contribution < -0.4 is 21.7 Å². The second-order valence-electron chi connectivity index (χ2n) is 24.2. The first-order chi connectivity index (χ1) is 35.7. The SMILES string of the molecule is CCCC[C@H](CC)CC(=O)/C(C)=C/[C@H](C(C)C)N(C)C(=O)[C@@H](CC(=O)[C@@H](N(C)C(=O)OCc1ccc(NC(=O)[C@H](CCCNC(N)=O)CC(=O)[C@@H](NC(=O)OC(C)(C)C)C(C)C)cc1)C(C)(C)c1ccccc1)C(C)(C)C. The van der Waals surface area contributed by atoms with Crippen molar-refractivity contribution in [3.63, 3.8) is 0 Å². The summed E-state index contributed by atoms with van der Waals surface area (Å²) in [5, 5.41) is 8.03. The third-order valence-electron chi connectivity index (χ3n) is 14.4. The van der Waals surface area contributed by atoms with Crippen LogP contribution in [0.5, 0.6) is 0 Å². The standard InChI is InChI=1S/C61H96N6O10/c1-18-20-25-42(19-2)35-49(68)41(7)34-48(39(3)4)66(16)55(72)47(59(8,9)10)37-51(70)53(61(14,15)45-27-22-21-23-28-45)67(17)58(75)76-38-43-29-31-46(32-30-43)64-54(71)44(26-24-33-63-56(62)73)36-50(69)52(40(5)6)65-57(74)77-60(11,12)13/h21-23,27-32,34,39-40,42,44,47-48,52-53H,18-20,24-26,33,35-38H2,1-17H3,(H,64,71)(H,65,74)(H3,62,63,73)/b41-34+/t42-,44+,47+,48+,52-,53+/m0/s1. The highest BCUT2D eigenvalue weighted by molar-refractivity contribution is 5.98. The van der Waals surface area contributed by atoms with E-state index in [1.165, 1.54) is 11.9 Å². The number of nitrogens with two attached hydrogens (primary N) is 1. The molecule has 0 aliphatic carbocycles. The highest BCUT2D eigenvalue weighted by Gasteiger charge is 2.45. The molecule has 0 saturated heterocycles. The van der Waals surface area contributed by atoms with Crippen molar-refractivity contribution in [1.29, 1.82) is 0 Å². The zero-order valence-electron chi connectivity index (χ0n) is 49.7. The van der Waals surface area contributed by atoms with Crippen LogP contribution in [-0.2, 0) is 45.5 Å². The molecule has 6 atom stereocenters. The number of hydrogen-bond acceptors (Lipinski definition) is 10. The Balaban J connectivity index is 2.39. The van der Waals surface area contributed by atoms with Gasteiger partial charge in [0.05, 0.1) is 12.1 Å². The number of urea groups is 1. The van der Waals surface area contributed by atoms with E-state index in [2.05, 4.69) is 29.8 Å². The van der Waals surface area contributed by atoms with E-state index in [-0.39, 0.29) is 67.5 Å². The number of hydrogen-bond donors (Lipinski definition) is 4. The van der Waals surface area contributed by atoms with Gasteiger partial charge in [-0.3, -0.25) is 24.0 Å². The first-order valence-electron chi connectivity index (χ1n) is 27.7. The van der Waals surface area contributed by atoms with Crippen LogP contribution in [-0.4, -0.2) is 102 Å².